The molecule has 1 aliphatic carbocycles. The van der Waals surface area contributed by atoms with Crippen molar-refractivity contribution in [3.63, 3.8) is 0 Å². The molecule has 1 saturated carbocycles. The van der Waals surface area contributed by atoms with E-state index in [0.29, 0.717) is 12.8 Å². The standard InChI is InChI=1S/C17H32O16P2/c1-3-5-10(18)29-7-9(31-11(19)6-4-2)8-30-35(27,28)33-17-14(22)12(20)16(13(21)15(17)23)32-34(24,25)26/h9,12-17,20-23H,3-8H2,1-2H3,(H,27,28)(H2,24,25,26)/t9-,12-,13+,14-,15-,16?,17?/m1/s1. The fourth-order valence-electron chi connectivity index (χ4n) is 2.98. The van der Waals surface area contributed by atoms with Crippen molar-refractivity contribution in [2.75, 3.05) is 13.2 Å². The van der Waals surface area contributed by atoms with Gasteiger partial charge in [-0.3, -0.25) is 23.2 Å². The number of carbonyl (C=O) groups excluding carboxylic acids is 2. The van der Waals surface area contributed by atoms with E-state index in [2.05, 4.69) is 9.05 Å². The van der Waals surface area contributed by atoms with Crippen molar-refractivity contribution in [2.45, 2.75) is 82.3 Å². The summed E-state index contributed by atoms with van der Waals surface area (Å²) in [6.45, 7) is 2.09. The van der Waals surface area contributed by atoms with Gasteiger partial charge in [-0.2, -0.15) is 0 Å². The average Bonchev–Trinajstić information content (AvgIpc) is 2.74. The monoisotopic (exact) mass is 554 g/mol. The van der Waals surface area contributed by atoms with Crippen LogP contribution in [0.2, 0.25) is 0 Å². The second kappa shape index (κ2) is 14.1. The number of hydrogen-bond acceptors (Lipinski definition) is 13. The Balaban J connectivity index is 2.85. The van der Waals surface area contributed by atoms with Crippen molar-refractivity contribution in [1.29, 1.82) is 0 Å². The van der Waals surface area contributed by atoms with Gasteiger partial charge in [0.05, 0.1) is 6.61 Å². The third-order valence-electron chi connectivity index (χ3n) is 4.62. The summed E-state index contributed by atoms with van der Waals surface area (Å²) in [5, 5.41) is 40.2. The first-order chi connectivity index (χ1) is 16.1. The fraction of sp³-hybridized carbons (Fsp3) is 0.882. The average molecular weight is 554 g/mol. The molecule has 8 atom stereocenters. The van der Waals surface area contributed by atoms with Crippen LogP contribution in [0.4, 0.5) is 0 Å². The SMILES string of the molecule is CCCC(=O)OC[C@H](COP(=O)(O)OC1[C@H](O)[C@H](O)C(OP(=O)(O)O)[C@H](O)[C@H]1O)OC(=O)CCC. The Morgan fingerprint density at radius 1 is 0.771 bits per heavy atom. The zero-order valence-corrected chi connectivity index (χ0v) is 20.8. The molecule has 16 nitrogen and oxygen atoms in total. The highest BCUT2D eigenvalue weighted by Crippen LogP contribution is 2.48. The van der Waals surface area contributed by atoms with E-state index in [4.69, 9.17) is 23.8 Å². The van der Waals surface area contributed by atoms with Gasteiger partial charge in [0, 0.05) is 12.8 Å². The van der Waals surface area contributed by atoms with Crippen LogP contribution in [0.25, 0.3) is 0 Å². The highest BCUT2D eigenvalue weighted by atomic mass is 31.2. The van der Waals surface area contributed by atoms with Crippen LogP contribution in [0.3, 0.4) is 0 Å². The van der Waals surface area contributed by atoms with E-state index in [0.717, 1.165) is 0 Å². The summed E-state index contributed by atoms with van der Waals surface area (Å²) in [7, 11) is -10.5. The van der Waals surface area contributed by atoms with Gasteiger partial charge in [-0.05, 0) is 12.8 Å². The van der Waals surface area contributed by atoms with E-state index in [-0.39, 0.29) is 12.8 Å². The Bertz CT molecular complexity index is 770. The number of hydrogen-bond donors (Lipinski definition) is 7. The van der Waals surface area contributed by atoms with E-state index in [1.807, 2.05) is 0 Å². The molecule has 0 aromatic heterocycles. The summed E-state index contributed by atoms with van der Waals surface area (Å²) in [5.41, 5.74) is 0. The molecule has 35 heavy (non-hydrogen) atoms. The van der Waals surface area contributed by atoms with Crippen LogP contribution in [0.5, 0.6) is 0 Å². The lowest BCUT2D eigenvalue weighted by Crippen LogP contribution is -2.64. The zero-order chi connectivity index (χ0) is 27.0. The maximum atomic E-state index is 12.4. The molecule has 0 aromatic carbocycles. The Kier molecular flexibility index (Phi) is 12.9. The molecule has 18 heteroatoms. The van der Waals surface area contributed by atoms with Gasteiger partial charge in [-0.15, -0.1) is 0 Å². The third kappa shape index (κ3) is 10.9. The summed E-state index contributed by atoms with van der Waals surface area (Å²) >= 11 is 0. The molecule has 1 aliphatic rings. The first-order valence-electron chi connectivity index (χ1n) is 10.6. The predicted octanol–water partition coefficient (Wildman–Crippen LogP) is -1.52. The molecule has 0 spiro atoms. The van der Waals surface area contributed by atoms with Gasteiger partial charge < -0.3 is 44.6 Å². The van der Waals surface area contributed by atoms with Crippen LogP contribution in [0.15, 0.2) is 0 Å². The van der Waals surface area contributed by atoms with Gasteiger partial charge in [0.2, 0.25) is 0 Å². The van der Waals surface area contributed by atoms with Crippen molar-refractivity contribution in [2.24, 2.45) is 0 Å². The van der Waals surface area contributed by atoms with E-state index in [9.17, 15) is 44.0 Å². The van der Waals surface area contributed by atoms with Crippen LogP contribution in [-0.4, -0.2) is 103 Å². The minimum absolute atomic E-state index is 0.000771. The number of phosphoric acid groups is 2. The van der Waals surface area contributed by atoms with Crippen molar-refractivity contribution in [3.8, 4) is 0 Å². The van der Waals surface area contributed by atoms with Crippen molar-refractivity contribution < 1.29 is 76.9 Å². The first kappa shape index (κ1) is 32.0. The quantitative estimate of drug-likeness (QED) is 0.0950. The second-order valence-electron chi connectivity index (χ2n) is 7.65. The molecular weight excluding hydrogens is 522 g/mol. The number of ether oxygens (including phenoxy) is 2. The Morgan fingerprint density at radius 2 is 1.23 bits per heavy atom. The van der Waals surface area contributed by atoms with Gasteiger partial charge in [0.25, 0.3) is 0 Å². The molecule has 1 rings (SSSR count). The van der Waals surface area contributed by atoms with Gasteiger partial charge in [-0.1, -0.05) is 13.8 Å². The summed E-state index contributed by atoms with van der Waals surface area (Å²) < 4.78 is 46.9. The molecule has 0 radical (unpaired) electrons. The molecule has 0 amide bonds. The number of aliphatic hydroxyl groups excluding tert-OH is 4. The Morgan fingerprint density at radius 3 is 1.69 bits per heavy atom. The molecule has 0 aromatic rings. The molecule has 0 aliphatic heterocycles. The molecular formula is C17H32O16P2. The van der Waals surface area contributed by atoms with Crippen LogP contribution < -0.4 is 0 Å². The number of phosphoric ester groups is 2. The molecule has 1 fully saturated rings. The van der Waals surface area contributed by atoms with Gasteiger partial charge >= 0.3 is 27.6 Å². The number of rotatable bonds is 14. The number of esters is 2. The minimum atomic E-state index is -5.27. The van der Waals surface area contributed by atoms with Crippen molar-refractivity contribution in [1.82, 2.24) is 0 Å². The third-order valence-corrected chi connectivity index (χ3v) is 6.12. The molecule has 7 N–H and O–H groups in total. The first-order valence-corrected chi connectivity index (χ1v) is 13.6. The lowest BCUT2D eigenvalue weighted by Gasteiger charge is -2.43. The van der Waals surface area contributed by atoms with Crippen molar-refractivity contribution >= 4 is 27.6 Å². The molecule has 0 saturated heterocycles. The second-order valence-corrected chi connectivity index (χ2v) is 10.3. The van der Waals surface area contributed by atoms with Gasteiger partial charge in [0.1, 0.15) is 43.2 Å². The smallest absolute Gasteiger partial charge is 0.462 e. The zero-order valence-electron chi connectivity index (χ0n) is 19.0. The van der Waals surface area contributed by atoms with Gasteiger partial charge in [-0.25, -0.2) is 9.13 Å². The summed E-state index contributed by atoms with van der Waals surface area (Å²) in [6, 6.07) is 0. The van der Waals surface area contributed by atoms with Crippen LogP contribution in [-0.2, 0) is 41.8 Å². The highest BCUT2D eigenvalue weighted by molar-refractivity contribution is 7.47. The fourth-order valence-corrected chi connectivity index (χ4v) is 4.52. The topological polar surface area (TPSA) is 256 Å². The largest absolute Gasteiger partial charge is 0.472 e. The molecule has 0 bridgehead atoms. The predicted molar refractivity (Wildman–Crippen MR) is 112 cm³/mol. The normalized spacial score (nSPS) is 29.7. The summed E-state index contributed by atoms with van der Waals surface area (Å²) in [5.74, 6) is -1.32. The molecule has 3 unspecified atom stereocenters. The summed E-state index contributed by atoms with van der Waals surface area (Å²) in [4.78, 5) is 51.1. The van der Waals surface area contributed by atoms with E-state index < -0.39 is 83.5 Å². The highest BCUT2D eigenvalue weighted by Gasteiger charge is 2.54. The minimum Gasteiger partial charge on any atom is -0.462 e. The lowest BCUT2D eigenvalue weighted by atomic mass is 9.85. The molecule has 206 valence electrons. The molecule has 0 heterocycles. The van der Waals surface area contributed by atoms with Crippen LogP contribution in [0, 0.1) is 0 Å². The van der Waals surface area contributed by atoms with Gasteiger partial charge in [0.15, 0.2) is 6.10 Å². The maximum Gasteiger partial charge on any atom is 0.472 e. The lowest BCUT2D eigenvalue weighted by molar-refractivity contribution is -0.216. The van der Waals surface area contributed by atoms with E-state index in [1.54, 1.807) is 13.8 Å². The van der Waals surface area contributed by atoms with Crippen molar-refractivity contribution in [3.05, 3.63) is 0 Å². The Hall–Kier alpha value is -1.00. The van der Waals surface area contributed by atoms with E-state index in [1.165, 1.54) is 0 Å². The van der Waals surface area contributed by atoms with Crippen LogP contribution in [0.1, 0.15) is 39.5 Å². The number of carbonyl (C=O) groups is 2. The van der Waals surface area contributed by atoms with Crippen LogP contribution >= 0.6 is 15.6 Å². The summed E-state index contributed by atoms with van der Waals surface area (Å²) in [6.07, 6.45) is -13.7. The number of aliphatic hydroxyl groups is 4. The Labute approximate surface area is 200 Å². The maximum absolute atomic E-state index is 12.4. The van der Waals surface area contributed by atoms with E-state index >= 15 is 0 Å².